The van der Waals surface area contributed by atoms with Crippen molar-refractivity contribution < 1.29 is 4.79 Å². The quantitative estimate of drug-likeness (QED) is 0.805. The van der Waals surface area contributed by atoms with Crippen molar-refractivity contribution in [3.8, 4) is 0 Å². The van der Waals surface area contributed by atoms with Crippen molar-refractivity contribution in [1.82, 2.24) is 14.5 Å². The molecule has 0 spiro atoms. The minimum atomic E-state index is -0.415. The van der Waals surface area contributed by atoms with Gasteiger partial charge in [-0.05, 0) is 23.1 Å². The SMILES string of the molecule is CN(Cc1ccc2cc(Cn3ccnc3)sc2c1)C(N)=O. The summed E-state index contributed by atoms with van der Waals surface area (Å²) in [5.74, 6) is 0. The van der Waals surface area contributed by atoms with Crippen molar-refractivity contribution in [3.05, 3.63) is 53.4 Å². The first-order valence-corrected chi connectivity index (χ1v) is 7.41. The Morgan fingerprint density at radius 1 is 1.43 bits per heavy atom. The average molecular weight is 300 g/mol. The first kappa shape index (κ1) is 13.6. The molecule has 2 heterocycles. The number of carbonyl (C=O) groups is 1. The molecule has 0 unspecified atom stereocenters. The molecule has 0 aliphatic heterocycles. The number of benzene rings is 1. The molecule has 0 saturated carbocycles. The van der Waals surface area contributed by atoms with E-state index in [1.807, 2.05) is 23.2 Å². The maximum absolute atomic E-state index is 11.1. The van der Waals surface area contributed by atoms with Crippen molar-refractivity contribution in [2.24, 2.45) is 5.73 Å². The highest BCUT2D eigenvalue weighted by Gasteiger charge is 2.07. The number of hydrogen-bond acceptors (Lipinski definition) is 3. The van der Waals surface area contributed by atoms with Crippen LogP contribution in [0.4, 0.5) is 4.79 Å². The Labute approximate surface area is 126 Å². The zero-order valence-electron chi connectivity index (χ0n) is 11.7. The number of amides is 2. The molecule has 6 heteroatoms. The molecule has 0 atom stereocenters. The van der Waals surface area contributed by atoms with Gasteiger partial charge in [0.05, 0.1) is 12.9 Å². The second-order valence-corrected chi connectivity index (χ2v) is 6.18. The van der Waals surface area contributed by atoms with Crippen LogP contribution in [0.1, 0.15) is 10.4 Å². The zero-order valence-corrected chi connectivity index (χ0v) is 12.5. The summed E-state index contributed by atoms with van der Waals surface area (Å²) in [6.45, 7) is 1.36. The van der Waals surface area contributed by atoms with Crippen molar-refractivity contribution >= 4 is 27.5 Å². The van der Waals surface area contributed by atoms with E-state index in [0.717, 1.165) is 12.1 Å². The highest BCUT2D eigenvalue weighted by Crippen LogP contribution is 2.27. The Morgan fingerprint density at radius 3 is 3.00 bits per heavy atom. The summed E-state index contributed by atoms with van der Waals surface area (Å²) in [6, 6.07) is 8.03. The number of fused-ring (bicyclic) bond motifs is 1. The van der Waals surface area contributed by atoms with E-state index in [-0.39, 0.29) is 0 Å². The van der Waals surface area contributed by atoms with Gasteiger partial charge in [-0.25, -0.2) is 9.78 Å². The first-order chi connectivity index (χ1) is 10.1. The molecule has 0 fully saturated rings. The molecule has 3 rings (SSSR count). The number of hydrogen-bond donors (Lipinski definition) is 1. The summed E-state index contributed by atoms with van der Waals surface area (Å²) >= 11 is 1.76. The maximum Gasteiger partial charge on any atom is 0.314 e. The van der Waals surface area contributed by atoms with Crippen LogP contribution in [-0.2, 0) is 13.1 Å². The third-order valence-electron chi connectivity index (χ3n) is 3.33. The molecule has 0 radical (unpaired) electrons. The van der Waals surface area contributed by atoms with Crippen LogP contribution in [0.2, 0.25) is 0 Å². The third kappa shape index (κ3) is 3.05. The van der Waals surface area contributed by atoms with Crippen molar-refractivity contribution in [2.45, 2.75) is 13.1 Å². The fourth-order valence-electron chi connectivity index (χ4n) is 2.22. The van der Waals surface area contributed by atoms with Gasteiger partial charge >= 0.3 is 6.03 Å². The van der Waals surface area contributed by atoms with Crippen LogP contribution in [0.5, 0.6) is 0 Å². The lowest BCUT2D eigenvalue weighted by Crippen LogP contribution is -2.31. The zero-order chi connectivity index (χ0) is 14.8. The maximum atomic E-state index is 11.1. The number of primary amides is 1. The van der Waals surface area contributed by atoms with Crippen LogP contribution < -0.4 is 5.73 Å². The number of nitrogens with zero attached hydrogens (tertiary/aromatic N) is 3. The molecule has 2 aromatic heterocycles. The summed E-state index contributed by atoms with van der Waals surface area (Å²) in [5, 5.41) is 1.22. The summed E-state index contributed by atoms with van der Waals surface area (Å²) in [6.07, 6.45) is 5.56. The number of nitrogens with two attached hydrogens (primary N) is 1. The monoisotopic (exact) mass is 300 g/mol. The van der Waals surface area contributed by atoms with Crippen LogP contribution >= 0.6 is 11.3 Å². The normalized spacial score (nSPS) is 10.9. The van der Waals surface area contributed by atoms with E-state index in [4.69, 9.17) is 5.73 Å². The minimum absolute atomic E-state index is 0.415. The second kappa shape index (κ2) is 5.57. The van der Waals surface area contributed by atoms with E-state index in [1.54, 1.807) is 24.6 Å². The Bertz CT molecular complexity index is 763. The molecule has 21 heavy (non-hydrogen) atoms. The van der Waals surface area contributed by atoms with Crippen molar-refractivity contribution in [1.29, 1.82) is 0 Å². The van der Waals surface area contributed by atoms with E-state index < -0.39 is 6.03 Å². The molecule has 2 amide bonds. The molecule has 0 bridgehead atoms. The second-order valence-electron chi connectivity index (χ2n) is 5.01. The molecular formula is C15H16N4OS. The largest absolute Gasteiger partial charge is 0.351 e. The summed E-state index contributed by atoms with van der Waals surface area (Å²) in [4.78, 5) is 17.9. The molecular weight excluding hydrogens is 284 g/mol. The van der Waals surface area contributed by atoms with Crippen LogP contribution in [0.15, 0.2) is 43.0 Å². The van der Waals surface area contributed by atoms with E-state index in [0.29, 0.717) is 6.54 Å². The fourth-order valence-corrected chi connectivity index (χ4v) is 3.36. The molecule has 2 N–H and O–H groups in total. The molecule has 0 aliphatic carbocycles. The van der Waals surface area contributed by atoms with Gasteiger partial charge < -0.3 is 15.2 Å². The predicted octanol–water partition coefficient (Wildman–Crippen LogP) is 2.66. The summed E-state index contributed by atoms with van der Waals surface area (Å²) in [5.41, 5.74) is 6.34. The van der Waals surface area contributed by atoms with E-state index in [1.165, 1.54) is 19.9 Å². The topological polar surface area (TPSA) is 64.2 Å². The molecule has 5 nitrogen and oxygen atoms in total. The van der Waals surface area contributed by atoms with Gasteiger partial charge in [-0.15, -0.1) is 11.3 Å². The average Bonchev–Trinajstić information content (AvgIpc) is 3.07. The fraction of sp³-hybridized carbons (Fsp3) is 0.200. The van der Waals surface area contributed by atoms with Gasteiger partial charge in [-0.1, -0.05) is 12.1 Å². The van der Waals surface area contributed by atoms with Gasteiger partial charge in [-0.2, -0.15) is 0 Å². The van der Waals surface area contributed by atoms with E-state index in [2.05, 4.69) is 23.2 Å². The number of imidazole rings is 1. The van der Waals surface area contributed by atoms with E-state index >= 15 is 0 Å². The molecule has 3 aromatic rings. The minimum Gasteiger partial charge on any atom is -0.351 e. The third-order valence-corrected chi connectivity index (χ3v) is 4.41. The Kier molecular flexibility index (Phi) is 3.62. The molecule has 108 valence electrons. The van der Waals surface area contributed by atoms with Gasteiger partial charge in [0.25, 0.3) is 0 Å². The lowest BCUT2D eigenvalue weighted by atomic mass is 10.1. The lowest BCUT2D eigenvalue weighted by molar-refractivity contribution is 0.216. The Morgan fingerprint density at radius 2 is 2.29 bits per heavy atom. The highest BCUT2D eigenvalue weighted by molar-refractivity contribution is 7.19. The van der Waals surface area contributed by atoms with E-state index in [9.17, 15) is 4.79 Å². The van der Waals surface area contributed by atoms with Crippen LogP contribution in [0.3, 0.4) is 0 Å². The van der Waals surface area contributed by atoms with Crippen molar-refractivity contribution in [3.63, 3.8) is 0 Å². The summed E-state index contributed by atoms with van der Waals surface area (Å²) in [7, 11) is 1.70. The highest BCUT2D eigenvalue weighted by atomic mass is 32.1. The number of carbonyl (C=O) groups excluding carboxylic acids is 1. The van der Waals surface area contributed by atoms with Gasteiger partial charge in [0.15, 0.2) is 0 Å². The van der Waals surface area contributed by atoms with Crippen LogP contribution in [0, 0.1) is 0 Å². The molecule has 0 saturated heterocycles. The summed E-state index contributed by atoms with van der Waals surface area (Å²) < 4.78 is 3.27. The Balaban J connectivity index is 1.83. The molecule has 0 aliphatic rings. The standard InChI is InChI=1S/C15H16N4OS/c1-18(15(16)20)8-11-2-3-12-7-13(21-14(12)6-11)9-19-5-4-17-10-19/h2-7,10H,8-9H2,1H3,(H2,16,20). The first-order valence-electron chi connectivity index (χ1n) is 6.59. The lowest BCUT2D eigenvalue weighted by Gasteiger charge is -2.13. The number of thiophene rings is 1. The molecule has 1 aromatic carbocycles. The number of aromatic nitrogens is 2. The van der Waals surface area contributed by atoms with Gasteiger partial charge in [-0.3, -0.25) is 0 Å². The number of rotatable bonds is 4. The smallest absolute Gasteiger partial charge is 0.314 e. The number of urea groups is 1. The van der Waals surface area contributed by atoms with Gasteiger partial charge in [0.1, 0.15) is 0 Å². The van der Waals surface area contributed by atoms with Crippen molar-refractivity contribution in [2.75, 3.05) is 7.05 Å². The van der Waals surface area contributed by atoms with Gasteiger partial charge in [0.2, 0.25) is 0 Å². The van der Waals surface area contributed by atoms with Crippen LogP contribution in [-0.4, -0.2) is 27.5 Å². The van der Waals surface area contributed by atoms with Crippen LogP contribution in [0.25, 0.3) is 10.1 Å². The van der Waals surface area contributed by atoms with Gasteiger partial charge in [0, 0.05) is 35.6 Å². The predicted molar refractivity (Wildman–Crippen MR) is 84.2 cm³/mol. The Hall–Kier alpha value is -2.34.